The van der Waals surface area contributed by atoms with Gasteiger partial charge in [0, 0.05) is 19.8 Å². The number of hydrogen-bond donors (Lipinski definition) is 0. The van der Waals surface area contributed by atoms with Gasteiger partial charge in [0.1, 0.15) is 0 Å². The van der Waals surface area contributed by atoms with E-state index in [1.807, 2.05) is 56.6 Å². The molecule has 4 nitrogen and oxygen atoms in total. The van der Waals surface area contributed by atoms with Crippen LogP contribution in [0, 0.1) is 0 Å². The van der Waals surface area contributed by atoms with E-state index in [9.17, 15) is 4.79 Å². The maximum Gasteiger partial charge on any atom is 0.271 e. The van der Waals surface area contributed by atoms with Crippen LogP contribution in [0.3, 0.4) is 0 Å². The molecule has 5 heteroatoms. The molecule has 0 aromatic heterocycles. The van der Waals surface area contributed by atoms with Gasteiger partial charge < -0.3 is 4.90 Å². The molecule has 1 fully saturated rings. The molecule has 4 rings (SSSR count). The Hall–Kier alpha value is -3.31. The number of carbonyl (C=O) groups excluding carboxylic acids is 1. The van der Waals surface area contributed by atoms with E-state index in [-0.39, 0.29) is 5.91 Å². The maximum absolute atomic E-state index is 13.5. The van der Waals surface area contributed by atoms with Crippen LogP contribution in [-0.2, 0) is 17.6 Å². The summed E-state index contributed by atoms with van der Waals surface area (Å²) in [4.78, 5) is 22.8. The zero-order valence-corrected chi connectivity index (χ0v) is 20.4. The van der Waals surface area contributed by atoms with Gasteiger partial charge in [0.05, 0.1) is 16.3 Å². The van der Waals surface area contributed by atoms with Crippen molar-refractivity contribution in [1.29, 1.82) is 0 Å². The van der Waals surface area contributed by atoms with Crippen LogP contribution < -0.4 is 9.80 Å². The van der Waals surface area contributed by atoms with Crippen molar-refractivity contribution in [2.24, 2.45) is 4.99 Å². The number of rotatable bonds is 6. The largest absolute Gasteiger partial charge is 0.378 e. The Bertz CT molecular complexity index is 1180. The molecule has 1 heterocycles. The molecule has 1 aliphatic heterocycles. The monoisotopic (exact) mass is 455 g/mol. The summed E-state index contributed by atoms with van der Waals surface area (Å²) in [5.74, 6) is -0.0511. The van der Waals surface area contributed by atoms with E-state index in [1.54, 1.807) is 4.90 Å². The molecule has 0 saturated carbocycles. The first kappa shape index (κ1) is 22.9. The number of amides is 1. The minimum Gasteiger partial charge on any atom is -0.378 e. The predicted molar refractivity (Wildman–Crippen MR) is 143 cm³/mol. The number of aliphatic imine (C=N–C) groups is 1. The number of thioether (sulfide) groups is 1. The molecule has 1 saturated heterocycles. The molecule has 33 heavy (non-hydrogen) atoms. The third-order valence-electron chi connectivity index (χ3n) is 5.69. The molecule has 168 valence electrons. The number of benzene rings is 3. The van der Waals surface area contributed by atoms with Crippen LogP contribution >= 0.6 is 11.8 Å². The lowest BCUT2D eigenvalue weighted by Crippen LogP contribution is -2.28. The van der Waals surface area contributed by atoms with Crippen molar-refractivity contribution in [1.82, 2.24) is 0 Å². The topological polar surface area (TPSA) is 35.9 Å². The predicted octanol–water partition coefficient (Wildman–Crippen LogP) is 6.69. The van der Waals surface area contributed by atoms with E-state index in [1.165, 1.54) is 22.9 Å². The lowest BCUT2D eigenvalue weighted by molar-refractivity contribution is -0.113. The van der Waals surface area contributed by atoms with Crippen LogP contribution in [0.25, 0.3) is 6.08 Å². The molecule has 1 aliphatic rings. The van der Waals surface area contributed by atoms with Crippen molar-refractivity contribution in [3.8, 4) is 0 Å². The minimum absolute atomic E-state index is 0.0511. The third-order valence-corrected chi connectivity index (χ3v) is 6.65. The SMILES string of the molecule is CCc1ccc(N=C2S/C(=C/c3ccc(N(C)C)cc3)C(=O)N2c2ccc(CC)cc2)cc1. The van der Waals surface area contributed by atoms with Gasteiger partial charge in [0.2, 0.25) is 0 Å². The Labute approximate surface area is 200 Å². The molecule has 1 amide bonds. The molecule has 3 aromatic rings. The quantitative estimate of drug-likeness (QED) is 0.389. The summed E-state index contributed by atoms with van der Waals surface area (Å²) >= 11 is 1.42. The molecule has 0 bridgehead atoms. The third kappa shape index (κ3) is 5.20. The van der Waals surface area contributed by atoms with Crippen LogP contribution in [0.5, 0.6) is 0 Å². The summed E-state index contributed by atoms with van der Waals surface area (Å²) < 4.78 is 0. The smallest absolute Gasteiger partial charge is 0.271 e. The Morgan fingerprint density at radius 1 is 0.848 bits per heavy atom. The summed E-state index contributed by atoms with van der Waals surface area (Å²) in [5, 5.41) is 0.671. The Balaban J connectivity index is 1.71. The van der Waals surface area contributed by atoms with Gasteiger partial charge in [-0.15, -0.1) is 0 Å². The minimum atomic E-state index is -0.0511. The highest BCUT2D eigenvalue weighted by Gasteiger charge is 2.34. The number of nitrogens with zero attached hydrogens (tertiary/aromatic N) is 3. The number of anilines is 2. The second-order valence-corrected chi connectivity index (χ2v) is 9.18. The van der Waals surface area contributed by atoms with Gasteiger partial charge >= 0.3 is 0 Å². The molecule has 0 aliphatic carbocycles. The van der Waals surface area contributed by atoms with Crippen molar-refractivity contribution in [3.05, 3.63) is 94.4 Å². The van der Waals surface area contributed by atoms with Crippen LogP contribution in [0.4, 0.5) is 17.1 Å². The lowest BCUT2D eigenvalue weighted by atomic mass is 10.1. The number of amidine groups is 1. The highest BCUT2D eigenvalue weighted by molar-refractivity contribution is 8.19. The van der Waals surface area contributed by atoms with E-state index >= 15 is 0 Å². The van der Waals surface area contributed by atoms with Crippen molar-refractivity contribution >= 4 is 46.0 Å². The summed E-state index contributed by atoms with van der Waals surface area (Å²) in [6, 6.07) is 24.5. The summed E-state index contributed by atoms with van der Waals surface area (Å²) in [6.45, 7) is 4.26. The van der Waals surface area contributed by atoms with Crippen LogP contribution in [-0.4, -0.2) is 25.2 Å². The zero-order chi connectivity index (χ0) is 23.4. The fourth-order valence-corrected chi connectivity index (χ4v) is 4.59. The molecule has 0 radical (unpaired) electrons. The van der Waals surface area contributed by atoms with Gasteiger partial charge in [-0.05, 0) is 83.8 Å². The van der Waals surface area contributed by atoms with Gasteiger partial charge in [-0.2, -0.15) is 0 Å². The first-order valence-corrected chi connectivity index (χ1v) is 12.1. The summed E-state index contributed by atoms with van der Waals surface area (Å²) in [5.41, 5.74) is 6.30. The van der Waals surface area contributed by atoms with Gasteiger partial charge in [0.25, 0.3) is 5.91 Å². The average molecular weight is 456 g/mol. The first-order valence-electron chi connectivity index (χ1n) is 11.3. The van der Waals surface area contributed by atoms with E-state index in [4.69, 9.17) is 4.99 Å². The van der Waals surface area contributed by atoms with E-state index in [2.05, 4.69) is 55.1 Å². The maximum atomic E-state index is 13.5. The van der Waals surface area contributed by atoms with Crippen LogP contribution in [0.2, 0.25) is 0 Å². The fourth-order valence-electron chi connectivity index (χ4n) is 3.59. The number of hydrogen-bond acceptors (Lipinski definition) is 4. The van der Waals surface area contributed by atoms with Crippen molar-refractivity contribution < 1.29 is 4.79 Å². The average Bonchev–Trinajstić information content (AvgIpc) is 3.14. The van der Waals surface area contributed by atoms with Crippen LogP contribution in [0.15, 0.2) is 82.7 Å². The molecule has 0 N–H and O–H groups in total. The van der Waals surface area contributed by atoms with Gasteiger partial charge in [-0.25, -0.2) is 4.99 Å². The summed E-state index contributed by atoms with van der Waals surface area (Å²) in [6.07, 6.45) is 3.89. The van der Waals surface area contributed by atoms with E-state index in [0.717, 1.165) is 35.5 Å². The molecule has 0 unspecified atom stereocenters. The number of aryl methyl sites for hydroxylation is 2. The number of carbonyl (C=O) groups is 1. The Kier molecular flexibility index (Phi) is 6.99. The molecule has 3 aromatic carbocycles. The zero-order valence-electron chi connectivity index (χ0n) is 19.6. The van der Waals surface area contributed by atoms with E-state index < -0.39 is 0 Å². The van der Waals surface area contributed by atoms with Gasteiger partial charge in [-0.3, -0.25) is 9.69 Å². The van der Waals surface area contributed by atoms with E-state index in [0.29, 0.717) is 10.1 Å². The fraction of sp³-hybridized carbons (Fsp3) is 0.214. The summed E-state index contributed by atoms with van der Waals surface area (Å²) in [7, 11) is 4.03. The molecular formula is C28H29N3OS. The Morgan fingerprint density at radius 3 is 1.97 bits per heavy atom. The highest BCUT2D eigenvalue weighted by Crippen LogP contribution is 2.37. The molecular weight excluding hydrogens is 426 g/mol. The molecule has 0 atom stereocenters. The first-order chi connectivity index (χ1) is 16.0. The van der Waals surface area contributed by atoms with Crippen molar-refractivity contribution in [3.63, 3.8) is 0 Å². The van der Waals surface area contributed by atoms with Gasteiger partial charge in [-0.1, -0.05) is 50.2 Å². The second kappa shape index (κ2) is 10.1. The second-order valence-electron chi connectivity index (χ2n) is 8.17. The van der Waals surface area contributed by atoms with Crippen molar-refractivity contribution in [2.75, 3.05) is 23.9 Å². The standard InChI is InChI=1S/C28H29N3OS/c1-5-20-7-13-23(14-8-20)29-28-31(25-17-9-21(6-2)10-18-25)27(32)26(33-28)19-22-11-15-24(16-12-22)30(3)4/h7-19H,5-6H2,1-4H3/b26-19+,29-28?. The normalized spacial score (nSPS) is 16.1. The lowest BCUT2D eigenvalue weighted by Gasteiger charge is -2.16. The highest BCUT2D eigenvalue weighted by atomic mass is 32.2. The van der Waals surface area contributed by atoms with Crippen molar-refractivity contribution in [2.45, 2.75) is 26.7 Å². The Morgan fingerprint density at radius 2 is 1.42 bits per heavy atom. The molecule has 0 spiro atoms. The van der Waals surface area contributed by atoms with Gasteiger partial charge in [0.15, 0.2) is 5.17 Å². The van der Waals surface area contributed by atoms with Crippen LogP contribution in [0.1, 0.15) is 30.5 Å².